The van der Waals surface area contributed by atoms with E-state index >= 15 is 0 Å². The fourth-order valence-corrected chi connectivity index (χ4v) is 8.37. The number of carbonyl (C=O) groups is 4. The summed E-state index contributed by atoms with van der Waals surface area (Å²) in [7, 11) is -2.57. The summed E-state index contributed by atoms with van der Waals surface area (Å²) in [5.74, 6) is -2.46. The average molecular weight is 824 g/mol. The van der Waals surface area contributed by atoms with Crippen LogP contribution in [0.15, 0.2) is 42.6 Å². The number of nitrogens with one attached hydrogen (secondary N) is 3. The Hall–Kier alpha value is -4.65. The van der Waals surface area contributed by atoms with Crippen LogP contribution in [0.3, 0.4) is 0 Å². The molecule has 19 heteroatoms. The van der Waals surface area contributed by atoms with E-state index in [2.05, 4.69) is 20.3 Å². The number of allylic oxidation sites excluding steroid dienone is 1. The van der Waals surface area contributed by atoms with Gasteiger partial charge in [0.2, 0.25) is 33.3 Å². The zero-order valence-electron chi connectivity index (χ0n) is 32.5. The van der Waals surface area contributed by atoms with Crippen molar-refractivity contribution in [3.05, 3.63) is 42.6 Å². The molecule has 0 spiro atoms. The number of benzene rings is 1. The monoisotopic (exact) mass is 823 g/mol. The summed E-state index contributed by atoms with van der Waals surface area (Å²) in [5.41, 5.74) is -4.59. The quantitative estimate of drug-likeness (QED) is 0.326. The van der Waals surface area contributed by atoms with E-state index in [4.69, 9.17) is 18.9 Å². The van der Waals surface area contributed by atoms with Gasteiger partial charge in [-0.05, 0) is 96.4 Å². The lowest BCUT2D eigenvalue weighted by Crippen LogP contribution is -2.60. The van der Waals surface area contributed by atoms with Gasteiger partial charge in [0.15, 0.2) is 0 Å². The zero-order valence-corrected chi connectivity index (χ0v) is 33.3. The first kappa shape index (κ1) is 42.0. The maximum Gasteiger partial charge on any atom is 0.427 e. The molecular weight excluding hydrogens is 776 g/mol. The second-order valence-electron chi connectivity index (χ2n) is 16.0. The second kappa shape index (κ2) is 15.3. The largest absolute Gasteiger partial charge is 0.497 e. The number of fused-ring (bicyclic) bond motifs is 3. The van der Waals surface area contributed by atoms with Crippen molar-refractivity contribution in [2.45, 2.75) is 126 Å². The van der Waals surface area contributed by atoms with Gasteiger partial charge < -0.3 is 34.5 Å². The Balaban J connectivity index is 1.35. The molecule has 1 saturated heterocycles. The van der Waals surface area contributed by atoms with Gasteiger partial charge in [-0.25, -0.2) is 18.2 Å². The first-order valence-corrected chi connectivity index (χ1v) is 20.2. The highest BCUT2D eigenvalue weighted by Crippen LogP contribution is 2.47. The SMILES string of the molecule is COc1ccc2c(O[C@@H]3C[C@H]4C(=O)N[C@]5(C(=O)NS(=O)(=O)C6(C)CC6)C[C@H]5/C=C\CC[C@H](C)O[C@@H](C)[C@H](NC(=O)OC(C)(C)C(F)(F)F)C(=O)N4C3)nccc2c1. The molecule has 15 nitrogen and oxygen atoms in total. The van der Waals surface area contributed by atoms with Crippen molar-refractivity contribution in [1.29, 1.82) is 0 Å². The molecule has 2 aliphatic carbocycles. The van der Waals surface area contributed by atoms with Crippen molar-refractivity contribution in [2.24, 2.45) is 5.92 Å². The van der Waals surface area contributed by atoms with Crippen LogP contribution >= 0.6 is 0 Å². The van der Waals surface area contributed by atoms with E-state index in [1.54, 1.807) is 43.3 Å². The number of methoxy groups -OCH3 is 1. The Kier molecular flexibility index (Phi) is 11.2. The van der Waals surface area contributed by atoms with Gasteiger partial charge in [0.05, 0.1) is 30.6 Å². The van der Waals surface area contributed by atoms with Crippen LogP contribution in [-0.2, 0) is 33.9 Å². The minimum atomic E-state index is -4.94. The molecule has 0 unspecified atom stereocenters. The van der Waals surface area contributed by atoms with Gasteiger partial charge in [-0.1, -0.05) is 12.2 Å². The van der Waals surface area contributed by atoms with Gasteiger partial charge in [0.25, 0.3) is 5.91 Å². The van der Waals surface area contributed by atoms with E-state index in [1.807, 2.05) is 0 Å². The van der Waals surface area contributed by atoms with Crippen LogP contribution < -0.4 is 24.8 Å². The second-order valence-corrected chi connectivity index (χ2v) is 18.2. The molecule has 2 saturated carbocycles. The van der Waals surface area contributed by atoms with E-state index in [1.165, 1.54) is 27.2 Å². The van der Waals surface area contributed by atoms with Crippen LogP contribution in [0.4, 0.5) is 18.0 Å². The molecule has 4 aliphatic rings. The number of rotatable bonds is 8. The first-order chi connectivity index (χ1) is 26.6. The van der Waals surface area contributed by atoms with Gasteiger partial charge in [-0.2, -0.15) is 13.2 Å². The summed E-state index contributed by atoms with van der Waals surface area (Å²) in [6.45, 7) is 5.77. The Morgan fingerprint density at radius 2 is 1.84 bits per heavy atom. The molecular formula is C38H48F3N5O10S. The molecule has 3 N–H and O–H groups in total. The number of alkyl halides is 3. The number of pyridine rings is 1. The summed E-state index contributed by atoms with van der Waals surface area (Å²) in [6, 6.07) is 3.93. The predicted octanol–water partition coefficient (Wildman–Crippen LogP) is 4.04. The molecule has 3 fully saturated rings. The molecule has 1 aromatic heterocycles. The highest BCUT2D eigenvalue weighted by atomic mass is 32.2. The van der Waals surface area contributed by atoms with E-state index in [-0.39, 0.29) is 25.3 Å². The standard InChI is InChI=1S/C38H48F3N5O10S/c1-21-9-7-8-10-24-19-37(24,33(49)45-57(51,52)36(5)14-15-36)44-30(47)28-18-26(55-31-27-12-11-25(53-6)17-23(27)13-16-42-31)20-46(28)32(48)29(22(2)54-21)43-34(50)56-35(3,4)38(39,40)41/h8,10-13,16-17,21-22,24,26,28-29H,7,9,14-15,18-20H2,1-6H3,(H,43,50)(H,44,47)(H,45,49)/b10-8-/t21-,22-,24+,26+,28-,29-,37+/m0/s1. The first-order valence-electron chi connectivity index (χ1n) is 18.8. The number of amides is 4. The molecule has 6 rings (SSSR count). The fraction of sp³-hybridized carbons (Fsp3) is 0.605. The van der Waals surface area contributed by atoms with E-state index in [0.29, 0.717) is 50.7 Å². The Morgan fingerprint density at radius 1 is 1.12 bits per heavy atom. The molecule has 7 atom stereocenters. The third-order valence-electron chi connectivity index (χ3n) is 11.3. The van der Waals surface area contributed by atoms with Gasteiger partial charge in [-0.15, -0.1) is 0 Å². The van der Waals surface area contributed by atoms with Gasteiger partial charge in [0, 0.05) is 23.9 Å². The summed E-state index contributed by atoms with van der Waals surface area (Å²) in [5, 5.41) is 6.33. The number of nitrogens with zero attached hydrogens (tertiary/aromatic N) is 2. The van der Waals surface area contributed by atoms with Crippen LogP contribution in [-0.4, -0.2) is 108 Å². The normalized spacial score (nSPS) is 29.7. The van der Waals surface area contributed by atoms with Crippen LogP contribution in [0.1, 0.15) is 73.1 Å². The Labute approximate surface area is 328 Å². The van der Waals surface area contributed by atoms with Crippen LogP contribution in [0, 0.1) is 5.92 Å². The zero-order chi connectivity index (χ0) is 41.7. The molecule has 0 radical (unpaired) electrons. The number of sulfonamides is 1. The third-order valence-corrected chi connectivity index (χ3v) is 13.4. The fourth-order valence-electron chi connectivity index (χ4n) is 7.06. The number of halogens is 3. The smallest absolute Gasteiger partial charge is 0.427 e. The highest BCUT2D eigenvalue weighted by molar-refractivity contribution is 7.91. The minimum Gasteiger partial charge on any atom is -0.497 e. The number of aromatic nitrogens is 1. The van der Waals surface area contributed by atoms with Crippen LogP contribution in [0.2, 0.25) is 0 Å². The lowest BCUT2D eigenvalue weighted by Gasteiger charge is -2.34. The lowest BCUT2D eigenvalue weighted by molar-refractivity contribution is -0.244. The summed E-state index contributed by atoms with van der Waals surface area (Å²) in [4.78, 5) is 61.5. The molecule has 2 aliphatic heterocycles. The van der Waals surface area contributed by atoms with Crippen molar-refractivity contribution >= 4 is 44.6 Å². The molecule has 57 heavy (non-hydrogen) atoms. The molecule has 1 aromatic carbocycles. The summed E-state index contributed by atoms with van der Waals surface area (Å²) < 4.78 is 90.9. The predicted molar refractivity (Wildman–Crippen MR) is 198 cm³/mol. The van der Waals surface area contributed by atoms with Crippen LogP contribution in [0.5, 0.6) is 11.6 Å². The highest BCUT2D eigenvalue weighted by Gasteiger charge is 2.63. The van der Waals surface area contributed by atoms with Crippen molar-refractivity contribution in [2.75, 3.05) is 13.7 Å². The Morgan fingerprint density at radius 3 is 2.51 bits per heavy atom. The number of alkyl carbamates (subject to hydrolysis) is 1. The van der Waals surface area contributed by atoms with Crippen molar-refractivity contribution < 1.29 is 59.7 Å². The van der Waals surface area contributed by atoms with E-state index < -0.39 is 92.2 Å². The van der Waals surface area contributed by atoms with Gasteiger partial charge in [-0.3, -0.25) is 19.1 Å². The van der Waals surface area contributed by atoms with Crippen molar-refractivity contribution in [3.63, 3.8) is 0 Å². The molecule has 3 heterocycles. The van der Waals surface area contributed by atoms with Crippen LogP contribution in [0.25, 0.3) is 10.8 Å². The maximum atomic E-state index is 14.6. The van der Waals surface area contributed by atoms with Gasteiger partial charge in [0.1, 0.15) is 29.5 Å². The number of hydrogen-bond acceptors (Lipinski definition) is 11. The Bertz CT molecular complexity index is 2060. The van der Waals surface area contributed by atoms with Gasteiger partial charge >= 0.3 is 12.3 Å². The maximum absolute atomic E-state index is 14.6. The van der Waals surface area contributed by atoms with E-state index in [9.17, 15) is 40.8 Å². The third kappa shape index (κ3) is 8.63. The molecule has 312 valence electrons. The number of carbonyl (C=O) groups excluding carboxylic acids is 4. The lowest BCUT2D eigenvalue weighted by atomic mass is 10.1. The average Bonchev–Trinajstić information content (AvgIpc) is 4.01. The topological polar surface area (TPSA) is 192 Å². The molecule has 4 amide bonds. The van der Waals surface area contributed by atoms with Crippen molar-refractivity contribution in [3.8, 4) is 11.6 Å². The molecule has 2 aromatic rings. The summed E-state index contributed by atoms with van der Waals surface area (Å²) >= 11 is 0. The van der Waals surface area contributed by atoms with E-state index in [0.717, 1.165) is 10.3 Å². The molecule has 0 bridgehead atoms. The summed E-state index contributed by atoms with van der Waals surface area (Å²) in [6.07, 6.45) is -2.57. The van der Waals surface area contributed by atoms with Crippen molar-refractivity contribution in [1.82, 2.24) is 25.2 Å². The number of hydrogen-bond donors (Lipinski definition) is 3. The minimum absolute atomic E-state index is 0.0748. The number of ether oxygens (including phenoxy) is 4.